The summed E-state index contributed by atoms with van der Waals surface area (Å²) in [6.07, 6.45) is 3.94. The van der Waals surface area contributed by atoms with E-state index in [0.29, 0.717) is 5.92 Å². The molecule has 1 amide bonds. The average Bonchev–Trinajstić information content (AvgIpc) is 2.85. The fourth-order valence-electron chi connectivity index (χ4n) is 2.81. The van der Waals surface area contributed by atoms with Crippen molar-refractivity contribution in [2.45, 2.75) is 51.5 Å². The van der Waals surface area contributed by atoms with Crippen LogP contribution in [-0.4, -0.2) is 23.7 Å². The summed E-state index contributed by atoms with van der Waals surface area (Å²) >= 11 is 1.75. The third kappa shape index (κ3) is 3.57. The molecule has 1 aliphatic rings. The van der Waals surface area contributed by atoms with E-state index >= 15 is 0 Å². The lowest BCUT2D eigenvalue weighted by Gasteiger charge is -2.25. The summed E-state index contributed by atoms with van der Waals surface area (Å²) in [7, 11) is 0. The number of carbonyl (C=O) groups excluding carboxylic acids is 1. The fraction of sp³-hybridized carbons (Fsp3) is 0.667. The molecule has 0 fully saturated rings. The van der Waals surface area contributed by atoms with Crippen molar-refractivity contribution < 1.29 is 9.90 Å². The van der Waals surface area contributed by atoms with Crippen molar-refractivity contribution in [2.24, 2.45) is 5.92 Å². The second-order valence-electron chi connectivity index (χ2n) is 5.76. The lowest BCUT2D eigenvalue weighted by atomic mass is 9.87. The highest BCUT2D eigenvalue weighted by Crippen LogP contribution is 2.35. The highest BCUT2D eigenvalue weighted by Gasteiger charge is 2.28. The maximum absolute atomic E-state index is 12.4. The van der Waals surface area contributed by atoms with Crippen LogP contribution in [0.1, 0.15) is 49.5 Å². The van der Waals surface area contributed by atoms with Crippen molar-refractivity contribution in [2.75, 3.05) is 6.61 Å². The number of aliphatic hydroxyl groups excluding tert-OH is 1. The van der Waals surface area contributed by atoms with Crippen LogP contribution in [0.4, 0.5) is 0 Å². The number of aliphatic hydroxyl groups is 1. The van der Waals surface area contributed by atoms with Gasteiger partial charge in [0.2, 0.25) is 5.91 Å². The first kappa shape index (κ1) is 14.5. The molecule has 0 spiro atoms. The predicted molar refractivity (Wildman–Crippen MR) is 78.5 cm³/mol. The van der Waals surface area contributed by atoms with Crippen molar-refractivity contribution in [3.63, 3.8) is 0 Å². The van der Waals surface area contributed by atoms with Crippen molar-refractivity contribution in [1.82, 2.24) is 5.32 Å². The topological polar surface area (TPSA) is 49.3 Å². The van der Waals surface area contributed by atoms with E-state index in [1.54, 1.807) is 11.3 Å². The molecule has 0 saturated carbocycles. The summed E-state index contributed by atoms with van der Waals surface area (Å²) in [5.41, 5.74) is 1.20. The largest absolute Gasteiger partial charge is 0.394 e. The zero-order valence-electron chi connectivity index (χ0n) is 11.7. The van der Waals surface area contributed by atoms with Crippen LogP contribution < -0.4 is 5.32 Å². The van der Waals surface area contributed by atoms with E-state index in [0.717, 1.165) is 25.7 Å². The summed E-state index contributed by atoms with van der Waals surface area (Å²) in [5.74, 6) is 0.538. The molecule has 0 radical (unpaired) electrons. The number of hydrogen-bond donors (Lipinski definition) is 2. The number of aryl methyl sites for hydroxylation is 1. The maximum Gasteiger partial charge on any atom is 0.227 e. The Balaban J connectivity index is 2.01. The highest BCUT2D eigenvalue weighted by molar-refractivity contribution is 7.10. The van der Waals surface area contributed by atoms with E-state index in [1.807, 2.05) is 0 Å². The smallest absolute Gasteiger partial charge is 0.227 e. The zero-order valence-corrected chi connectivity index (χ0v) is 12.5. The molecule has 0 aliphatic heterocycles. The summed E-state index contributed by atoms with van der Waals surface area (Å²) in [6.45, 7) is 4.23. The van der Waals surface area contributed by atoms with Gasteiger partial charge < -0.3 is 10.4 Å². The van der Waals surface area contributed by atoms with Gasteiger partial charge in [-0.15, -0.1) is 11.3 Å². The quantitative estimate of drug-likeness (QED) is 0.872. The molecule has 0 bridgehead atoms. The number of thiophene rings is 1. The van der Waals surface area contributed by atoms with Gasteiger partial charge in [0.25, 0.3) is 0 Å². The summed E-state index contributed by atoms with van der Waals surface area (Å²) < 4.78 is 0. The van der Waals surface area contributed by atoms with Crippen LogP contribution in [0.5, 0.6) is 0 Å². The Morgan fingerprint density at radius 2 is 2.37 bits per heavy atom. The standard InChI is InChI=1S/C15H23NO2S/c1-10(2)8-11(9-17)16-15(18)13-4-3-5-14-12(13)6-7-19-14/h6-7,10-11,13,17H,3-5,8-9H2,1-2H3,(H,16,18). The minimum Gasteiger partial charge on any atom is -0.394 e. The highest BCUT2D eigenvalue weighted by atomic mass is 32.1. The van der Waals surface area contributed by atoms with Crippen LogP contribution in [0.2, 0.25) is 0 Å². The van der Waals surface area contributed by atoms with Gasteiger partial charge in [-0.25, -0.2) is 0 Å². The van der Waals surface area contributed by atoms with Crippen molar-refractivity contribution >= 4 is 17.2 Å². The summed E-state index contributed by atoms with van der Waals surface area (Å²) in [5, 5.41) is 14.5. The SMILES string of the molecule is CC(C)CC(CO)NC(=O)C1CCCc2sccc21. The second kappa shape index (κ2) is 6.53. The monoisotopic (exact) mass is 281 g/mol. The van der Waals surface area contributed by atoms with Gasteiger partial charge in [-0.3, -0.25) is 4.79 Å². The normalized spacial score (nSPS) is 20.1. The molecule has 1 aliphatic carbocycles. The number of amides is 1. The predicted octanol–water partition coefficient (Wildman–Crippen LogP) is 2.69. The third-order valence-electron chi connectivity index (χ3n) is 3.69. The van der Waals surface area contributed by atoms with E-state index in [4.69, 9.17) is 0 Å². The molecule has 2 unspecified atom stereocenters. The van der Waals surface area contributed by atoms with Crippen molar-refractivity contribution in [3.05, 3.63) is 21.9 Å². The molecule has 2 N–H and O–H groups in total. The van der Waals surface area contributed by atoms with Crippen molar-refractivity contribution in [3.8, 4) is 0 Å². The minimum atomic E-state index is -0.114. The van der Waals surface area contributed by atoms with Crippen LogP contribution in [0.25, 0.3) is 0 Å². The van der Waals surface area contributed by atoms with E-state index in [-0.39, 0.29) is 24.5 Å². The van der Waals surface area contributed by atoms with Gasteiger partial charge in [-0.05, 0) is 48.6 Å². The number of carbonyl (C=O) groups is 1. The Morgan fingerprint density at radius 1 is 1.58 bits per heavy atom. The van der Waals surface area contributed by atoms with Crippen LogP contribution >= 0.6 is 11.3 Å². The first-order chi connectivity index (χ1) is 9.11. The fourth-order valence-corrected chi connectivity index (χ4v) is 3.80. The van der Waals surface area contributed by atoms with Gasteiger partial charge >= 0.3 is 0 Å². The first-order valence-electron chi connectivity index (χ1n) is 7.09. The Morgan fingerprint density at radius 3 is 3.05 bits per heavy atom. The molecule has 2 rings (SSSR count). The molecule has 3 nitrogen and oxygen atoms in total. The van der Waals surface area contributed by atoms with E-state index < -0.39 is 0 Å². The van der Waals surface area contributed by atoms with Gasteiger partial charge in [-0.2, -0.15) is 0 Å². The Hall–Kier alpha value is -0.870. The summed E-state index contributed by atoms with van der Waals surface area (Å²) in [4.78, 5) is 13.7. The molecule has 0 aromatic carbocycles. The molecule has 1 aromatic rings. The van der Waals surface area contributed by atoms with Crippen molar-refractivity contribution in [1.29, 1.82) is 0 Å². The second-order valence-corrected chi connectivity index (χ2v) is 6.76. The Bertz CT molecular complexity index is 428. The molecule has 1 aromatic heterocycles. The number of nitrogens with one attached hydrogen (secondary N) is 1. The summed E-state index contributed by atoms with van der Waals surface area (Å²) in [6, 6.07) is 1.97. The molecule has 4 heteroatoms. The molecular weight excluding hydrogens is 258 g/mol. The molecule has 19 heavy (non-hydrogen) atoms. The number of hydrogen-bond acceptors (Lipinski definition) is 3. The molecule has 0 saturated heterocycles. The molecule has 1 heterocycles. The van der Waals surface area contributed by atoms with Gasteiger partial charge in [0.1, 0.15) is 0 Å². The average molecular weight is 281 g/mol. The Kier molecular flexibility index (Phi) is 4.99. The van der Waals surface area contributed by atoms with E-state index in [9.17, 15) is 9.90 Å². The lowest BCUT2D eigenvalue weighted by Crippen LogP contribution is -2.41. The van der Waals surface area contributed by atoms with Crippen LogP contribution in [0.15, 0.2) is 11.4 Å². The van der Waals surface area contributed by atoms with E-state index in [1.165, 1.54) is 10.4 Å². The van der Waals surface area contributed by atoms with Gasteiger partial charge in [0, 0.05) is 4.88 Å². The molecule has 2 atom stereocenters. The van der Waals surface area contributed by atoms with Crippen LogP contribution in [-0.2, 0) is 11.2 Å². The Labute approximate surface area is 119 Å². The van der Waals surface area contributed by atoms with E-state index in [2.05, 4.69) is 30.6 Å². The number of fused-ring (bicyclic) bond motifs is 1. The minimum absolute atomic E-state index is 0.0174. The maximum atomic E-state index is 12.4. The van der Waals surface area contributed by atoms with Gasteiger partial charge in [0.05, 0.1) is 18.6 Å². The number of rotatable bonds is 5. The lowest BCUT2D eigenvalue weighted by molar-refractivity contribution is -0.124. The van der Waals surface area contributed by atoms with Crippen LogP contribution in [0, 0.1) is 5.92 Å². The van der Waals surface area contributed by atoms with Gasteiger partial charge in [0.15, 0.2) is 0 Å². The zero-order chi connectivity index (χ0) is 13.8. The third-order valence-corrected chi connectivity index (χ3v) is 4.69. The molecule has 106 valence electrons. The van der Waals surface area contributed by atoms with Gasteiger partial charge in [-0.1, -0.05) is 13.8 Å². The molecular formula is C15H23NO2S. The first-order valence-corrected chi connectivity index (χ1v) is 7.97. The van der Waals surface area contributed by atoms with Crippen LogP contribution in [0.3, 0.4) is 0 Å².